The molecule has 2 aromatic carbocycles. The molecule has 0 nitrogen and oxygen atoms in total. The van der Waals surface area contributed by atoms with Crippen molar-refractivity contribution in [1.82, 2.24) is 0 Å². The normalized spacial score (nSPS) is 12.5. The molecular formula is C15H10Cl6. The number of benzene rings is 2. The number of alkyl halides is 6. The first-order valence-electron chi connectivity index (χ1n) is 5.96. The Labute approximate surface area is 153 Å². The zero-order chi connectivity index (χ0) is 15.8. The van der Waals surface area contributed by atoms with Crippen molar-refractivity contribution in [1.29, 1.82) is 0 Å². The second-order valence-electron chi connectivity index (χ2n) is 4.52. The van der Waals surface area contributed by atoms with Crippen LogP contribution in [-0.2, 0) is 7.59 Å². The van der Waals surface area contributed by atoms with E-state index < -0.39 is 7.59 Å². The van der Waals surface area contributed by atoms with Gasteiger partial charge in [0.15, 0.2) is 0 Å². The van der Waals surface area contributed by atoms with Gasteiger partial charge >= 0.3 is 0 Å². The molecule has 2 aromatic rings. The van der Waals surface area contributed by atoms with E-state index in [1.807, 2.05) is 30.3 Å². The molecule has 0 aliphatic carbocycles. The van der Waals surface area contributed by atoms with E-state index in [2.05, 4.69) is 0 Å². The van der Waals surface area contributed by atoms with Gasteiger partial charge in [0.1, 0.15) is 0 Å². The smallest absolute Gasteiger partial charge is 0.0784 e. The van der Waals surface area contributed by atoms with Crippen molar-refractivity contribution in [3.8, 4) is 11.1 Å². The summed E-state index contributed by atoms with van der Waals surface area (Å²) in [5, 5.41) is 0. The van der Waals surface area contributed by atoms with Crippen molar-refractivity contribution in [2.24, 2.45) is 0 Å². The first kappa shape index (κ1) is 17.5. The first-order chi connectivity index (χ1) is 9.62. The fraction of sp³-hybridized carbons (Fsp3) is 0.200. The molecule has 0 atom stereocenters. The summed E-state index contributed by atoms with van der Waals surface area (Å²) in [6, 6.07) is 13.2. The van der Waals surface area contributed by atoms with Crippen LogP contribution in [0, 0.1) is 6.92 Å². The van der Waals surface area contributed by atoms with Crippen LogP contribution in [0.1, 0.15) is 16.7 Å². The SMILES string of the molecule is Cc1c(C(Cl)(Cl)Cl)ccc(-c2ccccc2)c1C(Cl)(Cl)Cl. The van der Waals surface area contributed by atoms with Crippen LogP contribution in [0.25, 0.3) is 11.1 Å². The van der Waals surface area contributed by atoms with Crippen LogP contribution in [-0.4, -0.2) is 0 Å². The lowest BCUT2D eigenvalue weighted by Crippen LogP contribution is -2.12. The minimum absolute atomic E-state index is 0.494. The molecule has 0 bridgehead atoms. The van der Waals surface area contributed by atoms with E-state index in [1.54, 1.807) is 19.1 Å². The van der Waals surface area contributed by atoms with Crippen LogP contribution in [0.15, 0.2) is 42.5 Å². The average molecular weight is 403 g/mol. The molecule has 2 rings (SSSR count). The fourth-order valence-electron chi connectivity index (χ4n) is 2.24. The van der Waals surface area contributed by atoms with Crippen LogP contribution in [0.2, 0.25) is 0 Å². The lowest BCUT2D eigenvalue weighted by molar-refractivity contribution is 1.11. The summed E-state index contributed by atoms with van der Waals surface area (Å²) in [7, 11) is 0. The standard InChI is InChI=1S/C15H10Cl6/c1-9-12(14(16,17)18)8-7-11(13(9)15(19,20)21)10-5-3-2-4-6-10/h2-8H,1H3. The number of halogens is 6. The molecule has 0 radical (unpaired) electrons. The van der Waals surface area contributed by atoms with Crippen molar-refractivity contribution in [3.05, 3.63) is 59.2 Å². The predicted molar refractivity (Wildman–Crippen MR) is 95.1 cm³/mol. The molecular weight excluding hydrogens is 393 g/mol. The van der Waals surface area contributed by atoms with Gasteiger partial charge in [-0.1, -0.05) is 112 Å². The maximum Gasteiger partial charge on any atom is 0.216 e. The van der Waals surface area contributed by atoms with Crippen LogP contribution < -0.4 is 0 Å². The molecule has 6 heteroatoms. The van der Waals surface area contributed by atoms with E-state index in [-0.39, 0.29) is 0 Å². The summed E-state index contributed by atoms with van der Waals surface area (Å²) >= 11 is 36.4. The summed E-state index contributed by atoms with van der Waals surface area (Å²) in [6.07, 6.45) is 0. The van der Waals surface area contributed by atoms with Crippen molar-refractivity contribution in [2.45, 2.75) is 14.5 Å². The van der Waals surface area contributed by atoms with Gasteiger partial charge in [-0.3, -0.25) is 0 Å². The molecule has 0 aliphatic heterocycles. The van der Waals surface area contributed by atoms with E-state index in [4.69, 9.17) is 69.6 Å². The van der Waals surface area contributed by atoms with Gasteiger partial charge < -0.3 is 0 Å². The van der Waals surface area contributed by atoms with E-state index in [0.717, 1.165) is 11.1 Å². The quantitative estimate of drug-likeness (QED) is 0.438. The van der Waals surface area contributed by atoms with E-state index >= 15 is 0 Å². The molecule has 0 aliphatic rings. The van der Waals surface area contributed by atoms with Gasteiger partial charge in [-0.15, -0.1) is 0 Å². The predicted octanol–water partition coefficient (Wildman–Crippen LogP) is 7.32. The summed E-state index contributed by atoms with van der Waals surface area (Å²) in [5.41, 5.74) is 3.39. The van der Waals surface area contributed by atoms with E-state index in [1.165, 1.54) is 0 Å². The summed E-state index contributed by atoms with van der Waals surface area (Å²) in [4.78, 5) is 0. The molecule has 0 saturated carbocycles. The third kappa shape index (κ3) is 3.93. The van der Waals surface area contributed by atoms with Crippen LogP contribution in [0.5, 0.6) is 0 Å². The Balaban J connectivity index is 2.77. The Morgan fingerprint density at radius 2 is 1.29 bits per heavy atom. The summed E-state index contributed by atoms with van der Waals surface area (Å²) in [5.74, 6) is 0. The van der Waals surface area contributed by atoms with Gasteiger partial charge in [0.2, 0.25) is 7.59 Å². The van der Waals surface area contributed by atoms with Crippen LogP contribution >= 0.6 is 69.6 Å². The third-order valence-corrected chi connectivity index (χ3v) is 4.32. The second kappa shape index (κ2) is 6.35. The highest BCUT2D eigenvalue weighted by Gasteiger charge is 2.34. The van der Waals surface area contributed by atoms with Gasteiger partial charge in [-0.2, -0.15) is 0 Å². The molecule has 0 saturated heterocycles. The molecule has 0 aromatic heterocycles. The zero-order valence-corrected chi connectivity index (χ0v) is 15.3. The van der Waals surface area contributed by atoms with Gasteiger partial charge in [-0.25, -0.2) is 0 Å². The van der Waals surface area contributed by atoms with E-state index in [0.29, 0.717) is 16.7 Å². The van der Waals surface area contributed by atoms with Crippen molar-refractivity contribution in [2.75, 3.05) is 0 Å². The zero-order valence-electron chi connectivity index (χ0n) is 10.8. The van der Waals surface area contributed by atoms with E-state index in [9.17, 15) is 0 Å². The van der Waals surface area contributed by atoms with Gasteiger partial charge in [0, 0.05) is 11.1 Å². The topological polar surface area (TPSA) is 0 Å². The Morgan fingerprint density at radius 3 is 1.76 bits per heavy atom. The Bertz CT molecular complexity index is 638. The highest BCUT2D eigenvalue weighted by atomic mass is 35.6. The Morgan fingerprint density at radius 1 is 0.714 bits per heavy atom. The van der Waals surface area contributed by atoms with Crippen molar-refractivity contribution < 1.29 is 0 Å². The molecule has 0 unspecified atom stereocenters. The fourth-order valence-corrected chi connectivity index (χ4v) is 3.59. The molecule has 21 heavy (non-hydrogen) atoms. The van der Waals surface area contributed by atoms with Gasteiger partial charge in [-0.05, 0) is 23.6 Å². The number of hydrogen-bond donors (Lipinski definition) is 0. The van der Waals surface area contributed by atoms with Gasteiger partial charge in [0.25, 0.3) is 0 Å². The molecule has 0 spiro atoms. The number of rotatable bonds is 1. The van der Waals surface area contributed by atoms with Crippen molar-refractivity contribution in [3.63, 3.8) is 0 Å². The lowest BCUT2D eigenvalue weighted by Gasteiger charge is -2.24. The van der Waals surface area contributed by atoms with Crippen LogP contribution in [0.4, 0.5) is 0 Å². The molecule has 0 amide bonds. The largest absolute Gasteiger partial charge is 0.216 e. The monoisotopic (exact) mass is 400 g/mol. The molecule has 0 N–H and O–H groups in total. The summed E-state index contributed by atoms with van der Waals surface area (Å²) in [6.45, 7) is 1.78. The molecule has 112 valence electrons. The average Bonchev–Trinajstić information content (AvgIpc) is 2.36. The third-order valence-electron chi connectivity index (χ3n) is 3.14. The summed E-state index contributed by atoms with van der Waals surface area (Å²) < 4.78 is -3.20. The maximum atomic E-state index is 6.14. The Kier molecular flexibility index (Phi) is 5.31. The second-order valence-corrected chi connectivity index (χ2v) is 9.08. The highest BCUT2D eigenvalue weighted by molar-refractivity contribution is 6.68. The van der Waals surface area contributed by atoms with Gasteiger partial charge in [0.05, 0.1) is 0 Å². The minimum atomic E-state index is -1.62. The van der Waals surface area contributed by atoms with Crippen LogP contribution in [0.3, 0.4) is 0 Å². The molecule has 0 heterocycles. The maximum absolute atomic E-state index is 6.14. The van der Waals surface area contributed by atoms with Crippen molar-refractivity contribution >= 4 is 69.6 Å². The minimum Gasteiger partial charge on any atom is -0.0784 e. The highest BCUT2D eigenvalue weighted by Crippen LogP contribution is 2.49. The first-order valence-corrected chi connectivity index (χ1v) is 8.22. The Hall–Kier alpha value is 0.180. The lowest BCUT2D eigenvalue weighted by atomic mass is 9.93. The number of hydrogen-bond acceptors (Lipinski definition) is 0. The molecule has 0 fully saturated rings.